The number of carbonyl (C=O) groups is 2. The lowest BCUT2D eigenvalue weighted by Gasteiger charge is -2.17. The summed E-state index contributed by atoms with van der Waals surface area (Å²) in [7, 11) is 0. The number of pyridine rings is 1. The molecule has 2 rings (SSSR count). The third-order valence-corrected chi connectivity index (χ3v) is 4.43. The SMILES string of the molecule is CCCC(NC(=O)c1cc(C(C)C)nc2c1c(=O)[nH]c(=O)n2CCC)C(=O)O. The maximum atomic E-state index is 12.9. The minimum atomic E-state index is -1.14. The Labute approximate surface area is 161 Å². The number of aliphatic carboxylic acids is 1. The Bertz CT molecular complexity index is 1010. The van der Waals surface area contributed by atoms with Crippen LogP contribution in [0.4, 0.5) is 0 Å². The van der Waals surface area contributed by atoms with Gasteiger partial charge in [0.1, 0.15) is 6.04 Å². The number of aryl methyl sites for hydroxylation is 1. The van der Waals surface area contributed by atoms with Gasteiger partial charge in [0.2, 0.25) is 0 Å². The number of nitrogens with one attached hydrogen (secondary N) is 2. The van der Waals surface area contributed by atoms with Crippen LogP contribution in [0.3, 0.4) is 0 Å². The summed E-state index contributed by atoms with van der Waals surface area (Å²) in [6.45, 7) is 7.78. The van der Waals surface area contributed by atoms with E-state index in [-0.39, 0.29) is 28.9 Å². The first kappa shape index (κ1) is 21.3. The van der Waals surface area contributed by atoms with Crippen molar-refractivity contribution in [2.75, 3.05) is 0 Å². The molecule has 28 heavy (non-hydrogen) atoms. The van der Waals surface area contributed by atoms with Gasteiger partial charge in [-0.2, -0.15) is 0 Å². The fourth-order valence-electron chi connectivity index (χ4n) is 2.98. The molecule has 1 unspecified atom stereocenters. The molecule has 0 aliphatic heterocycles. The van der Waals surface area contributed by atoms with Crippen molar-refractivity contribution in [3.05, 3.63) is 38.2 Å². The van der Waals surface area contributed by atoms with E-state index < -0.39 is 29.2 Å². The number of rotatable bonds is 8. The standard InChI is InChI=1S/C19H26N4O5/c1-5-7-12(18(26)27)21-16(24)11-9-13(10(3)4)20-15-14(11)17(25)22-19(28)23(15)8-6-2/h9-10,12H,5-8H2,1-4H3,(H,21,24)(H,26,27)(H,22,25,28). The predicted octanol–water partition coefficient (Wildman–Crippen LogP) is 1.60. The molecule has 2 aromatic heterocycles. The number of carbonyl (C=O) groups excluding carboxylic acids is 1. The van der Waals surface area contributed by atoms with Gasteiger partial charge in [0.05, 0.1) is 10.9 Å². The van der Waals surface area contributed by atoms with Crippen molar-refractivity contribution in [3.8, 4) is 0 Å². The quantitative estimate of drug-likeness (QED) is 0.627. The Morgan fingerprint density at radius 3 is 2.46 bits per heavy atom. The smallest absolute Gasteiger partial charge is 0.329 e. The van der Waals surface area contributed by atoms with Gasteiger partial charge in [-0.25, -0.2) is 14.6 Å². The number of carboxylic acid groups (broad SMARTS) is 1. The average Bonchev–Trinajstić information content (AvgIpc) is 2.63. The van der Waals surface area contributed by atoms with Crippen LogP contribution in [0.2, 0.25) is 0 Å². The third-order valence-electron chi connectivity index (χ3n) is 4.43. The number of carboxylic acids is 1. The van der Waals surface area contributed by atoms with E-state index in [1.54, 1.807) is 0 Å². The Morgan fingerprint density at radius 2 is 1.93 bits per heavy atom. The maximum Gasteiger partial charge on any atom is 0.329 e. The van der Waals surface area contributed by atoms with Gasteiger partial charge in [0.25, 0.3) is 11.5 Å². The molecule has 0 spiro atoms. The van der Waals surface area contributed by atoms with Crippen molar-refractivity contribution in [1.29, 1.82) is 0 Å². The van der Waals surface area contributed by atoms with Gasteiger partial charge in [-0.1, -0.05) is 34.1 Å². The van der Waals surface area contributed by atoms with Crippen LogP contribution in [0.15, 0.2) is 15.7 Å². The molecule has 0 fully saturated rings. The lowest BCUT2D eigenvalue weighted by Crippen LogP contribution is -2.41. The largest absolute Gasteiger partial charge is 0.480 e. The second-order valence-electron chi connectivity index (χ2n) is 7.01. The Hall–Kier alpha value is -2.97. The van der Waals surface area contributed by atoms with Crippen LogP contribution in [-0.4, -0.2) is 37.6 Å². The van der Waals surface area contributed by atoms with E-state index in [0.29, 0.717) is 25.1 Å². The molecule has 1 amide bonds. The van der Waals surface area contributed by atoms with Crippen molar-refractivity contribution in [3.63, 3.8) is 0 Å². The first-order chi connectivity index (χ1) is 13.2. The summed E-state index contributed by atoms with van der Waals surface area (Å²) < 4.78 is 1.33. The number of aromatic amines is 1. The molecule has 0 aromatic carbocycles. The first-order valence-electron chi connectivity index (χ1n) is 9.42. The molecule has 152 valence electrons. The second kappa shape index (κ2) is 8.81. The number of hydrogen-bond acceptors (Lipinski definition) is 5. The summed E-state index contributed by atoms with van der Waals surface area (Å²) in [5.74, 6) is -1.89. The van der Waals surface area contributed by atoms with E-state index in [1.807, 2.05) is 27.7 Å². The predicted molar refractivity (Wildman–Crippen MR) is 105 cm³/mol. The fraction of sp³-hybridized carbons (Fsp3) is 0.526. The van der Waals surface area contributed by atoms with Crippen LogP contribution in [0.5, 0.6) is 0 Å². The fourth-order valence-corrected chi connectivity index (χ4v) is 2.98. The summed E-state index contributed by atoms with van der Waals surface area (Å²) >= 11 is 0. The molecule has 0 aliphatic carbocycles. The molecule has 3 N–H and O–H groups in total. The Kier molecular flexibility index (Phi) is 6.71. The van der Waals surface area contributed by atoms with Crippen molar-refractivity contribution >= 4 is 22.9 Å². The zero-order chi connectivity index (χ0) is 21.0. The zero-order valence-corrected chi connectivity index (χ0v) is 16.5. The zero-order valence-electron chi connectivity index (χ0n) is 16.5. The van der Waals surface area contributed by atoms with E-state index >= 15 is 0 Å². The summed E-state index contributed by atoms with van der Waals surface area (Å²) in [5.41, 5.74) is -0.623. The average molecular weight is 390 g/mol. The topological polar surface area (TPSA) is 134 Å². The summed E-state index contributed by atoms with van der Waals surface area (Å²) in [5, 5.41) is 11.8. The van der Waals surface area contributed by atoms with E-state index in [4.69, 9.17) is 0 Å². The minimum Gasteiger partial charge on any atom is -0.480 e. The molecular weight excluding hydrogens is 364 g/mol. The molecule has 2 heterocycles. The summed E-state index contributed by atoms with van der Waals surface area (Å²) in [6.07, 6.45) is 1.47. The number of amides is 1. The van der Waals surface area contributed by atoms with E-state index in [9.17, 15) is 24.3 Å². The van der Waals surface area contributed by atoms with Gasteiger partial charge < -0.3 is 10.4 Å². The lowest BCUT2D eigenvalue weighted by atomic mass is 10.0. The highest BCUT2D eigenvalue weighted by Crippen LogP contribution is 2.20. The van der Waals surface area contributed by atoms with Gasteiger partial charge >= 0.3 is 11.7 Å². The van der Waals surface area contributed by atoms with Crippen molar-refractivity contribution in [1.82, 2.24) is 19.9 Å². The maximum absolute atomic E-state index is 12.9. The third kappa shape index (κ3) is 4.29. The lowest BCUT2D eigenvalue weighted by molar-refractivity contribution is -0.139. The van der Waals surface area contributed by atoms with Crippen LogP contribution in [0, 0.1) is 0 Å². The molecule has 0 radical (unpaired) electrons. The summed E-state index contributed by atoms with van der Waals surface area (Å²) in [4.78, 5) is 55.7. The monoisotopic (exact) mass is 390 g/mol. The van der Waals surface area contributed by atoms with Gasteiger partial charge in [-0.05, 0) is 24.8 Å². The molecule has 0 bridgehead atoms. The van der Waals surface area contributed by atoms with Crippen LogP contribution < -0.4 is 16.6 Å². The van der Waals surface area contributed by atoms with Crippen LogP contribution >= 0.6 is 0 Å². The molecule has 0 saturated carbocycles. The molecular formula is C19H26N4O5. The molecule has 0 saturated heterocycles. The highest BCUT2D eigenvalue weighted by atomic mass is 16.4. The minimum absolute atomic E-state index is 0.0159. The van der Waals surface area contributed by atoms with Gasteiger partial charge in [-0.15, -0.1) is 0 Å². The number of fused-ring (bicyclic) bond motifs is 1. The Balaban J connectivity index is 2.75. The van der Waals surface area contributed by atoms with Gasteiger partial charge in [-0.3, -0.25) is 19.1 Å². The van der Waals surface area contributed by atoms with E-state index in [1.165, 1.54) is 10.6 Å². The molecule has 1 atom stereocenters. The van der Waals surface area contributed by atoms with Gasteiger partial charge in [0.15, 0.2) is 5.65 Å². The molecule has 9 heteroatoms. The second-order valence-corrected chi connectivity index (χ2v) is 7.01. The van der Waals surface area contributed by atoms with Gasteiger partial charge in [0, 0.05) is 12.2 Å². The van der Waals surface area contributed by atoms with Crippen molar-refractivity contribution in [2.45, 2.75) is 65.5 Å². The normalized spacial score (nSPS) is 12.3. The number of nitrogens with zero attached hydrogens (tertiary/aromatic N) is 2. The molecule has 9 nitrogen and oxygen atoms in total. The van der Waals surface area contributed by atoms with Crippen LogP contribution in [0.1, 0.15) is 68.9 Å². The Morgan fingerprint density at radius 1 is 1.25 bits per heavy atom. The number of aromatic nitrogens is 3. The highest BCUT2D eigenvalue weighted by Gasteiger charge is 2.24. The van der Waals surface area contributed by atoms with Crippen molar-refractivity contribution in [2.24, 2.45) is 0 Å². The van der Waals surface area contributed by atoms with Crippen LogP contribution in [-0.2, 0) is 11.3 Å². The van der Waals surface area contributed by atoms with Crippen LogP contribution in [0.25, 0.3) is 11.0 Å². The highest BCUT2D eigenvalue weighted by molar-refractivity contribution is 6.06. The number of hydrogen-bond donors (Lipinski definition) is 3. The number of H-pyrrole nitrogens is 1. The molecule has 0 aliphatic rings. The molecule has 2 aromatic rings. The summed E-state index contributed by atoms with van der Waals surface area (Å²) in [6, 6.07) is 0.423. The van der Waals surface area contributed by atoms with E-state index in [0.717, 1.165) is 0 Å². The van der Waals surface area contributed by atoms with Crippen molar-refractivity contribution < 1.29 is 14.7 Å². The first-order valence-corrected chi connectivity index (χ1v) is 9.42. The van der Waals surface area contributed by atoms with E-state index in [2.05, 4.69) is 15.3 Å².